The average molecular weight is 314 g/mol. The second-order valence-corrected chi connectivity index (χ2v) is 6.25. The predicted octanol–water partition coefficient (Wildman–Crippen LogP) is 1.54. The first-order valence-electron chi connectivity index (χ1n) is 6.45. The molecule has 1 aromatic heterocycles. The number of benzene rings is 1. The fraction of sp³-hybridized carbons (Fsp3) is 0.462. The van der Waals surface area contributed by atoms with E-state index in [9.17, 15) is 8.42 Å². The molecule has 0 aliphatic heterocycles. The maximum absolute atomic E-state index is 12.0. The van der Waals surface area contributed by atoms with Gasteiger partial charge in [-0.15, -0.1) is 0 Å². The monoisotopic (exact) mass is 314 g/mol. The number of nitrogens with zero attached hydrogens (tertiary/aromatic N) is 1. The molecule has 21 heavy (non-hydrogen) atoms. The Morgan fingerprint density at radius 1 is 1.29 bits per heavy atom. The van der Waals surface area contributed by atoms with E-state index in [1.807, 2.05) is 0 Å². The van der Waals surface area contributed by atoms with E-state index in [1.54, 1.807) is 32.2 Å². The first kappa shape index (κ1) is 15.7. The third-order valence-electron chi connectivity index (χ3n) is 2.72. The zero-order valence-corrected chi connectivity index (χ0v) is 12.8. The fourth-order valence-electron chi connectivity index (χ4n) is 1.77. The van der Waals surface area contributed by atoms with Crippen LogP contribution in [-0.4, -0.2) is 46.1 Å². The second-order valence-electron chi connectivity index (χ2n) is 4.41. The molecule has 2 aromatic rings. The molecule has 0 atom stereocenters. The van der Waals surface area contributed by atoms with Crippen molar-refractivity contribution < 1.29 is 22.3 Å². The summed E-state index contributed by atoms with van der Waals surface area (Å²) in [6.45, 7) is 2.61. The molecular weight excluding hydrogens is 296 g/mol. The van der Waals surface area contributed by atoms with Crippen LogP contribution in [0.1, 0.15) is 5.89 Å². The highest BCUT2D eigenvalue weighted by atomic mass is 32.2. The van der Waals surface area contributed by atoms with Crippen LogP contribution in [0.2, 0.25) is 0 Å². The van der Waals surface area contributed by atoms with Crippen LogP contribution in [0, 0.1) is 6.92 Å². The van der Waals surface area contributed by atoms with Gasteiger partial charge >= 0.3 is 0 Å². The van der Waals surface area contributed by atoms with Crippen molar-refractivity contribution in [1.82, 2.24) is 4.98 Å². The van der Waals surface area contributed by atoms with E-state index in [4.69, 9.17) is 13.9 Å². The van der Waals surface area contributed by atoms with Gasteiger partial charge in [0.1, 0.15) is 5.52 Å². The lowest BCUT2D eigenvalue weighted by Crippen LogP contribution is -2.21. The predicted molar refractivity (Wildman–Crippen MR) is 78.9 cm³/mol. The maximum Gasteiger partial charge on any atom is 0.235 e. The summed E-state index contributed by atoms with van der Waals surface area (Å²) in [5, 5.41) is 0. The number of fused-ring (bicyclic) bond motifs is 1. The van der Waals surface area contributed by atoms with E-state index in [-0.39, 0.29) is 12.4 Å². The molecule has 116 valence electrons. The minimum absolute atomic E-state index is 0.101. The second kappa shape index (κ2) is 6.88. The molecule has 0 fully saturated rings. The molecule has 0 bridgehead atoms. The van der Waals surface area contributed by atoms with Crippen molar-refractivity contribution in [2.75, 3.05) is 37.4 Å². The standard InChI is InChI=1S/C13H18N2O5S/c1-10-14-11-4-3-5-12(13(11)20-10)15-21(16,17)9-8-19-7-6-18-2/h3-5,15H,6-9H2,1-2H3. The van der Waals surface area contributed by atoms with Gasteiger partial charge in [0.15, 0.2) is 11.5 Å². The zero-order chi connectivity index (χ0) is 15.3. The number of ether oxygens (including phenoxy) is 2. The molecule has 8 heteroatoms. The fourth-order valence-corrected chi connectivity index (χ4v) is 2.71. The molecule has 0 saturated heterocycles. The Hall–Kier alpha value is -1.64. The summed E-state index contributed by atoms with van der Waals surface area (Å²) in [5.74, 6) is 0.347. The molecule has 0 spiro atoms. The Morgan fingerprint density at radius 2 is 2.10 bits per heavy atom. The van der Waals surface area contributed by atoms with E-state index < -0.39 is 10.0 Å². The summed E-state index contributed by atoms with van der Waals surface area (Å²) in [6, 6.07) is 5.12. The van der Waals surface area contributed by atoms with E-state index in [1.165, 1.54) is 0 Å². The number of nitrogens with one attached hydrogen (secondary N) is 1. The lowest BCUT2D eigenvalue weighted by molar-refractivity contribution is 0.0785. The van der Waals surface area contributed by atoms with Crippen LogP contribution in [0.4, 0.5) is 5.69 Å². The van der Waals surface area contributed by atoms with Crippen LogP contribution in [0.3, 0.4) is 0 Å². The highest BCUT2D eigenvalue weighted by Gasteiger charge is 2.14. The van der Waals surface area contributed by atoms with Gasteiger partial charge in [-0.3, -0.25) is 4.72 Å². The number of para-hydroxylation sites is 1. The van der Waals surface area contributed by atoms with Crippen molar-refractivity contribution in [1.29, 1.82) is 0 Å². The Balaban J connectivity index is 2.01. The number of hydrogen-bond acceptors (Lipinski definition) is 6. The first-order chi connectivity index (χ1) is 10.0. The molecule has 1 N–H and O–H groups in total. The van der Waals surface area contributed by atoms with Gasteiger partial charge < -0.3 is 13.9 Å². The van der Waals surface area contributed by atoms with E-state index in [0.29, 0.717) is 35.9 Å². The Morgan fingerprint density at radius 3 is 2.86 bits per heavy atom. The molecule has 0 radical (unpaired) electrons. The van der Waals surface area contributed by atoms with E-state index >= 15 is 0 Å². The molecule has 0 unspecified atom stereocenters. The van der Waals surface area contributed by atoms with Gasteiger partial charge in [0, 0.05) is 14.0 Å². The van der Waals surface area contributed by atoms with E-state index in [0.717, 1.165) is 0 Å². The van der Waals surface area contributed by atoms with Crippen LogP contribution in [0.25, 0.3) is 11.1 Å². The van der Waals surface area contributed by atoms with Crippen LogP contribution in [0.5, 0.6) is 0 Å². The zero-order valence-electron chi connectivity index (χ0n) is 12.0. The van der Waals surface area contributed by atoms with Crippen LogP contribution in [0.15, 0.2) is 22.6 Å². The van der Waals surface area contributed by atoms with E-state index in [2.05, 4.69) is 9.71 Å². The topological polar surface area (TPSA) is 90.7 Å². The smallest absolute Gasteiger partial charge is 0.235 e. The highest BCUT2D eigenvalue weighted by Crippen LogP contribution is 2.24. The molecule has 0 aliphatic carbocycles. The number of aryl methyl sites for hydroxylation is 1. The van der Waals surface area contributed by atoms with Crippen LogP contribution in [-0.2, 0) is 19.5 Å². The lowest BCUT2D eigenvalue weighted by atomic mass is 10.3. The third-order valence-corrected chi connectivity index (χ3v) is 3.95. The van der Waals surface area contributed by atoms with Gasteiger partial charge in [0.2, 0.25) is 10.0 Å². The average Bonchev–Trinajstić information content (AvgIpc) is 2.79. The largest absolute Gasteiger partial charge is 0.439 e. The summed E-state index contributed by atoms with van der Waals surface area (Å²) in [4.78, 5) is 4.16. The van der Waals surface area contributed by atoms with Crippen molar-refractivity contribution >= 4 is 26.8 Å². The number of hydrogen-bond donors (Lipinski definition) is 1. The van der Waals surface area contributed by atoms with Crippen molar-refractivity contribution in [2.24, 2.45) is 0 Å². The number of oxazole rings is 1. The lowest BCUT2D eigenvalue weighted by Gasteiger charge is -2.08. The molecule has 7 nitrogen and oxygen atoms in total. The molecule has 0 saturated carbocycles. The van der Waals surface area contributed by atoms with Gasteiger partial charge in [-0.2, -0.15) is 0 Å². The van der Waals surface area contributed by atoms with Crippen molar-refractivity contribution in [3.05, 3.63) is 24.1 Å². The van der Waals surface area contributed by atoms with Crippen molar-refractivity contribution in [3.8, 4) is 0 Å². The summed E-state index contributed by atoms with van der Waals surface area (Å²) >= 11 is 0. The summed E-state index contributed by atoms with van der Waals surface area (Å²) in [7, 11) is -1.95. The number of sulfonamides is 1. The molecule has 1 heterocycles. The number of rotatable bonds is 8. The van der Waals surface area contributed by atoms with Gasteiger partial charge in [-0.05, 0) is 12.1 Å². The minimum Gasteiger partial charge on any atom is -0.439 e. The number of aromatic nitrogens is 1. The minimum atomic E-state index is -3.51. The summed E-state index contributed by atoms with van der Waals surface area (Å²) in [6.07, 6.45) is 0. The maximum atomic E-state index is 12.0. The highest BCUT2D eigenvalue weighted by molar-refractivity contribution is 7.92. The quantitative estimate of drug-likeness (QED) is 0.743. The van der Waals surface area contributed by atoms with Crippen molar-refractivity contribution in [3.63, 3.8) is 0 Å². The van der Waals surface area contributed by atoms with Crippen LogP contribution < -0.4 is 4.72 Å². The molecule has 0 amide bonds. The SMILES string of the molecule is COCCOCCS(=O)(=O)Nc1cccc2nc(C)oc12. The molecule has 1 aromatic carbocycles. The molecule has 2 rings (SSSR count). The normalized spacial score (nSPS) is 11.9. The Kier molecular flexibility index (Phi) is 5.16. The Bertz CT molecular complexity index is 696. The summed E-state index contributed by atoms with van der Waals surface area (Å²) < 4.78 is 41.9. The van der Waals surface area contributed by atoms with Gasteiger partial charge in [-0.1, -0.05) is 6.07 Å². The Labute approximate surface area is 123 Å². The third kappa shape index (κ3) is 4.42. The number of methoxy groups -OCH3 is 1. The molecular formula is C13H18N2O5S. The van der Waals surface area contributed by atoms with Gasteiger partial charge in [-0.25, -0.2) is 13.4 Å². The van der Waals surface area contributed by atoms with Gasteiger partial charge in [0.25, 0.3) is 0 Å². The first-order valence-corrected chi connectivity index (χ1v) is 8.10. The van der Waals surface area contributed by atoms with Crippen molar-refractivity contribution in [2.45, 2.75) is 6.92 Å². The molecule has 0 aliphatic rings. The number of anilines is 1. The van der Waals surface area contributed by atoms with Gasteiger partial charge in [0.05, 0.1) is 31.3 Å². The van der Waals surface area contributed by atoms with Crippen LogP contribution >= 0.6 is 0 Å². The summed E-state index contributed by atoms with van der Waals surface area (Å²) in [5.41, 5.74) is 1.42.